The lowest BCUT2D eigenvalue weighted by atomic mass is 11.0. The summed E-state index contributed by atoms with van der Waals surface area (Å²) in [4.78, 5) is 0. The van der Waals surface area contributed by atoms with Gasteiger partial charge in [-0.1, -0.05) is 5.21 Å². The molecule has 0 aromatic carbocycles. The molecule has 0 aliphatic heterocycles. The van der Waals surface area contributed by atoms with Crippen LogP contribution in [-0.4, -0.2) is 14.8 Å². The minimum Gasteiger partial charge on any atom is -0.263 e. The molecule has 6 nitrogen and oxygen atoms in total. The van der Waals surface area contributed by atoms with Crippen molar-refractivity contribution < 1.29 is 4.57 Å². The number of nitrogens with zero attached hydrogens (tertiary/aromatic N) is 3. The second-order valence-electron chi connectivity index (χ2n) is 1.50. The summed E-state index contributed by atoms with van der Waals surface area (Å²) in [6.07, 6.45) is 2.70. The zero-order chi connectivity index (χ0) is 6.91. The van der Waals surface area contributed by atoms with Crippen LogP contribution in [0.4, 0.5) is 0 Å². The summed E-state index contributed by atoms with van der Waals surface area (Å²) in [6.45, 7) is 0. The molecule has 0 aliphatic rings. The minimum atomic E-state index is -3.23. The first-order valence-electron chi connectivity index (χ1n) is 2.15. The fourth-order valence-corrected chi connectivity index (χ4v) is 0.808. The van der Waals surface area contributed by atoms with E-state index in [9.17, 15) is 4.57 Å². The third-order valence-corrected chi connectivity index (χ3v) is 1.58. The number of hydrogen-bond donors (Lipinski definition) is 2. The average molecular weight is 147 g/mol. The Balaban J connectivity index is 3.04. The molecule has 0 spiro atoms. The zero-order valence-corrected chi connectivity index (χ0v) is 5.40. The summed E-state index contributed by atoms with van der Waals surface area (Å²) < 4.78 is 11.6. The van der Waals surface area contributed by atoms with Crippen molar-refractivity contribution in [1.82, 2.24) is 14.8 Å². The summed E-state index contributed by atoms with van der Waals surface area (Å²) in [5.74, 6) is 0. The number of nitrogens with two attached hydrogens (primary N) is 2. The van der Waals surface area contributed by atoms with Gasteiger partial charge in [0.2, 0.25) is 0 Å². The molecule has 0 saturated carbocycles. The van der Waals surface area contributed by atoms with Crippen LogP contribution in [0.3, 0.4) is 0 Å². The van der Waals surface area contributed by atoms with Crippen molar-refractivity contribution >= 4 is 7.59 Å². The maximum Gasteiger partial charge on any atom is 0.321 e. The molecule has 1 rings (SSSR count). The molecule has 0 saturated heterocycles. The van der Waals surface area contributed by atoms with E-state index in [0.29, 0.717) is 0 Å². The van der Waals surface area contributed by atoms with Crippen LogP contribution in [0.15, 0.2) is 12.4 Å². The Kier molecular flexibility index (Phi) is 1.36. The molecule has 0 fully saturated rings. The van der Waals surface area contributed by atoms with Gasteiger partial charge in [0.1, 0.15) is 0 Å². The first-order chi connectivity index (χ1) is 4.11. The third-order valence-electron chi connectivity index (χ3n) is 0.730. The summed E-state index contributed by atoms with van der Waals surface area (Å²) in [6, 6.07) is 0. The summed E-state index contributed by atoms with van der Waals surface area (Å²) in [7, 11) is -3.23. The van der Waals surface area contributed by atoms with Gasteiger partial charge < -0.3 is 0 Å². The lowest BCUT2D eigenvalue weighted by Crippen LogP contribution is -2.13. The quantitative estimate of drug-likeness (QED) is 0.504. The van der Waals surface area contributed by atoms with Crippen LogP contribution >= 0.6 is 7.59 Å². The van der Waals surface area contributed by atoms with E-state index >= 15 is 0 Å². The molecule has 4 N–H and O–H groups in total. The highest BCUT2D eigenvalue weighted by Gasteiger charge is 2.09. The van der Waals surface area contributed by atoms with Crippen LogP contribution in [0.25, 0.3) is 0 Å². The van der Waals surface area contributed by atoms with Crippen molar-refractivity contribution in [2.45, 2.75) is 0 Å². The third kappa shape index (κ3) is 1.35. The molecule has 0 atom stereocenters. The predicted molar refractivity (Wildman–Crippen MR) is 31.4 cm³/mol. The van der Waals surface area contributed by atoms with Crippen molar-refractivity contribution in [2.24, 2.45) is 11.0 Å². The highest BCUT2D eigenvalue weighted by atomic mass is 31.2. The van der Waals surface area contributed by atoms with E-state index in [0.717, 1.165) is 4.45 Å². The Morgan fingerprint density at radius 2 is 2.22 bits per heavy atom. The van der Waals surface area contributed by atoms with Gasteiger partial charge in [-0.05, 0) is 0 Å². The summed E-state index contributed by atoms with van der Waals surface area (Å²) in [5, 5.41) is 6.71. The van der Waals surface area contributed by atoms with E-state index in [1.54, 1.807) is 0 Å². The van der Waals surface area contributed by atoms with Gasteiger partial charge in [0.25, 0.3) is 0 Å². The second kappa shape index (κ2) is 1.91. The van der Waals surface area contributed by atoms with Gasteiger partial charge in [-0.15, -0.1) is 5.10 Å². The van der Waals surface area contributed by atoms with E-state index in [1.165, 1.54) is 12.4 Å². The first-order valence-corrected chi connectivity index (χ1v) is 3.95. The second-order valence-corrected chi connectivity index (χ2v) is 3.25. The molecule has 50 valence electrons. The van der Waals surface area contributed by atoms with E-state index in [2.05, 4.69) is 10.3 Å². The van der Waals surface area contributed by atoms with Crippen LogP contribution in [0.1, 0.15) is 0 Å². The van der Waals surface area contributed by atoms with Crippen molar-refractivity contribution in [3.63, 3.8) is 0 Å². The number of rotatable bonds is 1. The van der Waals surface area contributed by atoms with Crippen LogP contribution in [0.5, 0.6) is 0 Å². The van der Waals surface area contributed by atoms with E-state index < -0.39 is 7.59 Å². The van der Waals surface area contributed by atoms with Gasteiger partial charge >= 0.3 is 7.59 Å². The lowest BCUT2D eigenvalue weighted by Gasteiger charge is -2.01. The summed E-state index contributed by atoms with van der Waals surface area (Å²) >= 11 is 0. The molecule has 1 aromatic rings. The Bertz CT molecular complexity index is 223. The largest absolute Gasteiger partial charge is 0.321 e. The highest BCUT2D eigenvalue weighted by molar-refractivity contribution is 7.57. The van der Waals surface area contributed by atoms with Gasteiger partial charge in [0, 0.05) is 0 Å². The summed E-state index contributed by atoms with van der Waals surface area (Å²) in [5.41, 5.74) is 9.99. The van der Waals surface area contributed by atoms with Crippen molar-refractivity contribution in [3.8, 4) is 0 Å². The molecule has 0 unspecified atom stereocenters. The maximum atomic E-state index is 10.7. The fraction of sp³-hybridized carbons (Fsp3) is 0. The average Bonchev–Trinajstić information content (AvgIpc) is 2.08. The molecular weight excluding hydrogens is 141 g/mol. The molecule has 0 radical (unpaired) electrons. The standard InChI is InChI=1S/C2H6N5OP/c3-9(4,8)7-2-1-5-6-7/h1-2H,(H4,3,4,8). The van der Waals surface area contributed by atoms with Crippen molar-refractivity contribution in [2.75, 3.05) is 0 Å². The SMILES string of the molecule is NP(N)(=O)n1ccnn1. The molecule has 7 heteroatoms. The molecule has 1 heterocycles. The van der Waals surface area contributed by atoms with Crippen molar-refractivity contribution in [1.29, 1.82) is 0 Å². The normalized spacial score (nSPS) is 11.8. The molecule has 1 aromatic heterocycles. The van der Waals surface area contributed by atoms with Gasteiger partial charge in [-0.3, -0.25) is 15.6 Å². The molecule has 9 heavy (non-hydrogen) atoms. The van der Waals surface area contributed by atoms with Crippen LogP contribution in [0, 0.1) is 0 Å². The Labute approximate surface area is 51.4 Å². The lowest BCUT2D eigenvalue weighted by molar-refractivity contribution is 0.563. The Hall–Kier alpha value is -0.710. The maximum absolute atomic E-state index is 10.7. The van der Waals surface area contributed by atoms with E-state index in [-0.39, 0.29) is 0 Å². The van der Waals surface area contributed by atoms with E-state index in [4.69, 9.17) is 11.0 Å². The van der Waals surface area contributed by atoms with E-state index in [1.807, 2.05) is 0 Å². The first kappa shape index (κ1) is 6.41. The van der Waals surface area contributed by atoms with Gasteiger partial charge in [-0.2, -0.15) is 4.45 Å². The molecule has 0 bridgehead atoms. The topological polar surface area (TPSA) is 99.8 Å². The van der Waals surface area contributed by atoms with Crippen LogP contribution < -0.4 is 11.0 Å². The number of hydrogen-bond acceptors (Lipinski definition) is 3. The van der Waals surface area contributed by atoms with Crippen molar-refractivity contribution in [3.05, 3.63) is 12.4 Å². The molecule has 0 aliphatic carbocycles. The van der Waals surface area contributed by atoms with Crippen LogP contribution in [0.2, 0.25) is 0 Å². The van der Waals surface area contributed by atoms with Crippen LogP contribution in [-0.2, 0) is 4.57 Å². The minimum absolute atomic E-state index is 0.938. The predicted octanol–water partition coefficient (Wildman–Crippen LogP) is -0.848. The fourth-order valence-electron chi connectivity index (χ4n) is 0.369. The van der Waals surface area contributed by atoms with Gasteiger partial charge in [-0.25, -0.2) is 0 Å². The Morgan fingerprint density at radius 1 is 1.56 bits per heavy atom. The van der Waals surface area contributed by atoms with Gasteiger partial charge in [0.05, 0.1) is 12.4 Å². The Morgan fingerprint density at radius 3 is 2.44 bits per heavy atom. The molecular formula is C2H6N5OP. The van der Waals surface area contributed by atoms with Gasteiger partial charge in [0.15, 0.2) is 0 Å². The number of aromatic nitrogens is 3. The zero-order valence-electron chi connectivity index (χ0n) is 4.51. The highest BCUT2D eigenvalue weighted by Crippen LogP contribution is 2.24. The smallest absolute Gasteiger partial charge is 0.263 e. The molecule has 0 amide bonds. The monoisotopic (exact) mass is 147 g/mol.